The van der Waals surface area contributed by atoms with Crippen LogP contribution in [0.25, 0.3) is 0 Å². The SMILES string of the molecule is CC(N)C1CC(n2nccn2)=NO1. The van der Waals surface area contributed by atoms with E-state index in [4.69, 9.17) is 10.6 Å². The lowest BCUT2D eigenvalue weighted by atomic mass is 10.1. The molecule has 1 aromatic heterocycles. The summed E-state index contributed by atoms with van der Waals surface area (Å²) in [6.45, 7) is 1.89. The molecule has 1 aliphatic rings. The van der Waals surface area contributed by atoms with Crippen LogP contribution < -0.4 is 5.73 Å². The summed E-state index contributed by atoms with van der Waals surface area (Å²) in [5.74, 6) is 0.701. The van der Waals surface area contributed by atoms with Crippen molar-refractivity contribution in [1.29, 1.82) is 0 Å². The van der Waals surface area contributed by atoms with Gasteiger partial charge < -0.3 is 10.6 Å². The van der Waals surface area contributed by atoms with Crippen molar-refractivity contribution in [3.8, 4) is 0 Å². The Balaban J connectivity index is 2.06. The molecule has 6 heteroatoms. The Labute approximate surface area is 75.3 Å². The van der Waals surface area contributed by atoms with E-state index in [-0.39, 0.29) is 12.1 Å². The van der Waals surface area contributed by atoms with Gasteiger partial charge in [-0.1, -0.05) is 5.16 Å². The standard InChI is InChI=1S/C7H11N5O/c1-5(8)6-4-7(11-13-6)12-9-2-3-10-12/h2-3,5-6H,4,8H2,1H3. The Hall–Kier alpha value is -1.43. The number of rotatable bonds is 1. The van der Waals surface area contributed by atoms with Gasteiger partial charge in [-0.05, 0) is 6.92 Å². The maximum absolute atomic E-state index is 5.66. The molecule has 0 spiro atoms. The van der Waals surface area contributed by atoms with Gasteiger partial charge in [0, 0.05) is 6.04 Å². The van der Waals surface area contributed by atoms with E-state index in [2.05, 4.69) is 15.4 Å². The first kappa shape index (κ1) is 8.18. The van der Waals surface area contributed by atoms with E-state index in [1.165, 1.54) is 4.80 Å². The lowest BCUT2D eigenvalue weighted by Gasteiger charge is -2.10. The van der Waals surface area contributed by atoms with E-state index in [9.17, 15) is 0 Å². The smallest absolute Gasteiger partial charge is 0.193 e. The van der Waals surface area contributed by atoms with E-state index in [1.54, 1.807) is 12.4 Å². The summed E-state index contributed by atoms with van der Waals surface area (Å²) in [7, 11) is 0. The molecule has 0 saturated carbocycles. The first-order valence-electron chi connectivity index (χ1n) is 4.12. The van der Waals surface area contributed by atoms with Crippen molar-refractivity contribution >= 4 is 5.84 Å². The Bertz CT molecular complexity index is 305. The maximum Gasteiger partial charge on any atom is 0.193 e. The molecular weight excluding hydrogens is 170 g/mol. The van der Waals surface area contributed by atoms with Crippen LogP contribution in [0.4, 0.5) is 0 Å². The van der Waals surface area contributed by atoms with Crippen molar-refractivity contribution in [2.45, 2.75) is 25.5 Å². The van der Waals surface area contributed by atoms with E-state index in [1.807, 2.05) is 6.92 Å². The molecule has 2 N–H and O–H groups in total. The normalized spacial score (nSPS) is 23.8. The van der Waals surface area contributed by atoms with Crippen LogP contribution in [0.5, 0.6) is 0 Å². The number of hydrogen-bond acceptors (Lipinski definition) is 5. The highest BCUT2D eigenvalue weighted by molar-refractivity contribution is 5.83. The molecule has 2 heterocycles. The van der Waals surface area contributed by atoms with Crippen LogP contribution in [0.3, 0.4) is 0 Å². The molecular formula is C7H11N5O. The Morgan fingerprint density at radius 1 is 1.62 bits per heavy atom. The summed E-state index contributed by atoms with van der Waals surface area (Å²) < 4.78 is 0. The second kappa shape index (κ2) is 3.14. The van der Waals surface area contributed by atoms with Crippen molar-refractivity contribution in [2.75, 3.05) is 0 Å². The van der Waals surface area contributed by atoms with Gasteiger partial charge in [0.1, 0.15) is 6.10 Å². The van der Waals surface area contributed by atoms with Crippen LogP contribution in [-0.4, -0.2) is 33.0 Å². The predicted octanol–water partition coefficient (Wildman–Crippen LogP) is -0.424. The number of nitrogens with two attached hydrogens (primary N) is 1. The van der Waals surface area contributed by atoms with Crippen LogP contribution in [0.15, 0.2) is 17.5 Å². The molecule has 0 fully saturated rings. The number of nitrogens with zero attached hydrogens (tertiary/aromatic N) is 4. The lowest BCUT2D eigenvalue weighted by Crippen LogP contribution is -2.32. The van der Waals surface area contributed by atoms with Crippen LogP contribution in [0, 0.1) is 0 Å². The summed E-state index contributed by atoms with van der Waals surface area (Å²) in [5, 5.41) is 11.7. The zero-order valence-corrected chi connectivity index (χ0v) is 7.29. The van der Waals surface area contributed by atoms with Gasteiger partial charge in [-0.25, -0.2) is 0 Å². The van der Waals surface area contributed by atoms with Gasteiger partial charge in [-0.3, -0.25) is 0 Å². The van der Waals surface area contributed by atoms with Gasteiger partial charge >= 0.3 is 0 Å². The van der Waals surface area contributed by atoms with E-state index in [0.29, 0.717) is 12.3 Å². The monoisotopic (exact) mass is 181 g/mol. The Morgan fingerprint density at radius 3 is 2.85 bits per heavy atom. The average Bonchev–Trinajstić information content (AvgIpc) is 2.75. The fourth-order valence-corrected chi connectivity index (χ4v) is 1.13. The molecule has 0 amide bonds. The third kappa shape index (κ3) is 1.52. The summed E-state index contributed by atoms with van der Waals surface area (Å²) in [5.41, 5.74) is 5.66. The van der Waals surface area contributed by atoms with Gasteiger partial charge in [0.15, 0.2) is 5.84 Å². The fraction of sp³-hybridized carbons (Fsp3) is 0.571. The molecule has 0 bridgehead atoms. The molecule has 2 unspecified atom stereocenters. The molecule has 13 heavy (non-hydrogen) atoms. The summed E-state index contributed by atoms with van der Waals surface area (Å²) in [6.07, 6.45) is 3.80. The largest absolute Gasteiger partial charge is 0.389 e. The zero-order chi connectivity index (χ0) is 9.26. The van der Waals surface area contributed by atoms with Crippen LogP contribution in [0.2, 0.25) is 0 Å². The molecule has 2 atom stereocenters. The Kier molecular flexibility index (Phi) is 1.97. The van der Waals surface area contributed by atoms with Crippen molar-refractivity contribution in [3.05, 3.63) is 12.4 Å². The molecule has 6 nitrogen and oxygen atoms in total. The highest BCUT2D eigenvalue weighted by Gasteiger charge is 2.26. The summed E-state index contributed by atoms with van der Waals surface area (Å²) in [6, 6.07) is -0.0307. The van der Waals surface area contributed by atoms with Gasteiger partial charge in [-0.2, -0.15) is 10.2 Å². The molecule has 0 saturated heterocycles. The molecule has 1 aliphatic heterocycles. The van der Waals surface area contributed by atoms with Crippen LogP contribution in [-0.2, 0) is 4.84 Å². The predicted molar refractivity (Wildman–Crippen MR) is 46.0 cm³/mol. The first-order valence-corrected chi connectivity index (χ1v) is 4.12. The van der Waals surface area contributed by atoms with Gasteiger partial charge in [0.25, 0.3) is 0 Å². The summed E-state index contributed by atoms with van der Waals surface area (Å²) in [4.78, 5) is 6.56. The number of oxime groups is 1. The number of aromatic nitrogens is 3. The molecule has 0 aromatic carbocycles. The van der Waals surface area contributed by atoms with E-state index >= 15 is 0 Å². The lowest BCUT2D eigenvalue weighted by molar-refractivity contribution is 0.0702. The molecule has 1 aromatic rings. The molecule has 0 radical (unpaired) electrons. The van der Waals surface area contributed by atoms with Crippen LogP contribution in [0.1, 0.15) is 13.3 Å². The van der Waals surface area contributed by atoms with Gasteiger partial charge in [0.2, 0.25) is 0 Å². The second-order valence-electron chi connectivity index (χ2n) is 3.03. The Morgan fingerprint density at radius 2 is 2.31 bits per heavy atom. The third-order valence-electron chi connectivity index (χ3n) is 1.91. The van der Waals surface area contributed by atoms with Crippen molar-refractivity contribution in [3.63, 3.8) is 0 Å². The van der Waals surface area contributed by atoms with Crippen LogP contribution >= 0.6 is 0 Å². The van der Waals surface area contributed by atoms with Crippen molar-refractivity contribution in [1.82, 2.24) is 15.0 Å². The van der Waals surface area contributed by atoms with Crippen molar-refractivity contribution < 1.29 is 4.84 Å². The highest BCUT2D eigenvalue weighted by Crippen LogP contribution is 2.12. The highest BCUT2D eigenvalue weighted by atomic mass is 16.6. The maximum atomic E-state index is 5.66. The minimum Gasteiger partial charge on any atom is -0.389 e. The quantitative estimate of drug-likeness (QED) is 0.638. The molecule has 70 valence electrons. The second-order valence-corrected chi connectivity index (χ2v) is 3.03. The van der Waals surface area contributed by atoms with Crippen molar-refractivity contribution in [2.24, 2.45) is 10.9 Å². The zero-order valence-electron chi connectivity index (χ0n) is 7.29. The molecule has 2 rings (SSSR count). The van der Waals surface area contributed by atoms with Gasteiger partial charge in [-0.15, -0.1) is 4.80 Å². The average molecular weight is 181 g/mol. The number of hydrogen-bond donors (Lipinski definition) is 1. The van der Waals surface area contributed by atoms with E-state index < -0.39 is 0 Å². The topological polar surface area (TPSA) is 78.3 Å². The fourth-order valence-electron chi connectivity index (χ4n) is 1.13. The molecule has 0 aliphatic carbocycles. The minimum absolute atomic E-state index is 0.0307. The third-order valence-corrected chi connectivity index (χ3v) is 1.91. The first-order chi connectivity index (χ1) is 6.27. The van der Waals surface area contributed by atoms with Gasteiger partial charge in [0.05, 0.1) is 18.8 Å². The minimum atomic E-state index is -0.0546. The summed E-state index contributed by atoms with van der Waals surface area (Å²) >= 11 is 0. The van der Waals surface area contributed by atoms with E-state index in [0.717, 1.165) is 0 Å².